The van der Waals surface area contributed by atoms with Crippen molar-refractivity contribution in [1.82, 2.24) is 10.2 Å². The maximum atomic E-state index is 12.7. The van der Waals surface area contributed by atoms with Crippen LogP contribution >= 0.6 is 12.4 Å². The van der Waals surface area contributed by atoms with Gasteiger partial charge in [0.25, 0.3) is 5.91 Å². The lowest BCUT2D eigenvalue weighted by Crippen LogP contribution is -2.46. The van der Waals surface area contributed by atoms with Gasteiger partial charge in [0.1, 0.15) is 0 Å². The molecule has 0 unspecified atom stereocenters. The third-order valence-corrected chi connectivity index (χ3v) is 3.95. The van der Waals surface area contributed by atoms with Crippen molar-refractivity contribution in [2.45, 2.75) is 38.6 Å². The average molecular weight is 297 g/mol. The number of benzene rings is 1. The van der Waals surface area contributed by atoms with Crippen LogP contribution in [0.25, 0.3) is 0 Å². The third-order valence-electron chi connectivity index (χ3n) is 3.95. The summed E-state index contributed by atoms with van der Waals surface area (Å²) < 4.78 is 0. The first-order valence-electron chi connectivity index (χ1n) is 7.18. The van der Waals surface area contributed by atoms with Crippen LogP contribution in [-0.4, -0.2) is 37.0 Å². The Labute approximate surface area is 128 Å². The number of rotatable bonds is 3. The minimum Gasteiger partial charge on any atom is -0.337 e. The summed E-state index contributed by atoms with van der Waals surface area (Å²) >= 11 is 0. The molecule has 0 aromatic heterocycles. The number of carbonyl (C=O) groups is 1. The molecular weight excluding hydrogens is 272 g/mol. The van der Waals surface area contributed by atoms with Crippen molar-refractivity contribution in [3.8, 4) is 0 Å². The van der Waals surface area contributed by atoms with Crippen LogP contribution in [0.2, 0.25) is 0 Å². The van der Waals surface area contributed by atoms with Crippen molar-refractivity contribution in [3.05, 3.63) is 35.4 Å². The molecule has 1 aliphatic heterocycles. The van der Waals surface area contributed by atoms with E-state index in [0.717, 1.165) is 37.1 Å². The van der Waals surface area contributed by atoms with Gasteiger partial charge in [0.05, 0.1) is 0 Å². The SMILES string of the molecule is CC(C)c1ccccc1C(=O)N(C)[C@@H]1CCCNC1.Cl. The predicted molar refractivity (Wildman–Crippen MR) is 85.8 cm³/mol. The van der Waals surface area contributed by atoms with Crippen molar-refractivity contribution < 1.29 is 4.79 Å². The van der Waals surface area contributed by atoms with Gasteiger partial charge in [0.2, 0.25) is 0 Å². The van der Waals surface area contributed by atoms with Crippen LogP contribution in [0.3, 0.4) is 0 Å². The van der Waals surface area contributed by atoms with Crippen LogP contribution < -0.4 is 5.32 Å². The molecule has 0 spiro atoms. The molecule has 1 saturated heterocycles. The molecule has 1 fully saturated rings. The van der Waals surface area contributed by atoms with Crippen molar-refractivity contribution in [1.29, 1.82) is 0 Å². The van der Waals surface area contributed by atoms with Gasteiger partial charge < -0.3 is 10.2 Å². The molecule has 0 saturated carbocycles. The van der Waals surface area contributed by atoms with Gasteiger partial charge in [-0.2, -0.15) is 0 Å². The van der Waals surface area contributed by atoms with E-state index in [1.54, 1.807) is 0 Å². The van der Waals surface area contributed by atoms with Crippen LogP contribution in [-0.2, 0) is 0 Å². The van der Waals surface area contributed by atoms with Gasteiger partial charge in [0, 0.05) is 25.2 Å². The summed E-state index contributed by atoms with van der Waals surface area (Å²) in [6.07, 6.45) is 2.24. The highest BCUT2D eigenvalue weighted by atomic mass is 35.5. The Balaban J connectivity index is 0.00000200. The van der Waals surface area contributed by atoms with Crippen LogP contribution in [0.1, 0.15) is 48.5 Å². The number of piperidine rings is 1. The highest BCUT2D eigenvalue weighted by molar-refractivity contribution is 5.96. The molecule has 0 aliphatic carbocycles. The normalized spacial score (nSPS) is 18.5. The highest BCUT2D eigenvalue weighted by Gasteiger charge is 2.24. The molecule has 0 bridgehead atoms. The van der Waals surface area contributed by atoms with Gasteiger partial charge in [-0.15, -0.1) is 12.4 Å². The Morgan fingerprint density at radius 3 is 2.65 bits per heavy atom. The van der Waals surface area contributed by atoms with Crippen molar-refractivity contribution in [2.24, 2.45) is 0 Å². The Kier molecular flexibility index (Phi) is 6.50. The molecule has 1 aliphatic rings. The minimum absolute atomic E-state index is 0. The summed E-state index contributed by atoms with van der Waals surface area (Å²) in [5, 5.41) is 3.37. The zero-order chi connectivity index (χ0) is 13.8. The summed E-state index contributed by atoms with van der Waals surface area (Å²) in [6.45, 7) is 6.25. The fraction of sp³-hybridized carbons (Fsp3) is 0.562. The first-order chi connectivity index (χ1) is 9.11. The third kappa shape index (κ3) is 3.74. The van der Waals surface area contributed by atoms with E-state index in [1.165, 1.54) is 0 Å². The number of nitrogens with zero attached hydrogens (tertiary/aromatic N) is 1. The summed E-state index contributed by atoms with van der Waals surface area (Å²) in [5.41, 5.74) is 1.99. The maximum absolute atomic E-state index is 12.7. The standard InChI is InChI=1S/C16H24N2O.ClH/c1-12(2)14-8-4-5-9-15(14)16(19)18(3)13-7-6-10-17-11-13;/h4-5,8-9,12-13,17H,6-7,10-11H2,1-3H3;1H/t13-;/m1./s1. The van der Waals surface area contributed by atoms with Crippen LogP contribution in [0.4, 0.5) is 0 Å². The van der Waals surface area contributed by atoms with Gasteiger partial charge in [-0.3, -0.25) is 4.79 Å². The van der Waals surface area contributed by atoms with Gasteiger partial charge in [-0.25, -0.2) is 0 Å². The number of carbonyl (C=O) groups excluding carboxylic acids is 1. The monoisotopic (exact) mass is 296 g/mol. The smallest absolute Gasteiger partial charge is 0.254 e. The first-order valence-corrected chi connectivity index (χ1v) is 7.18. The lowest BCUT2D eigenvalue weighted by atomic mass is 9.95. The molecule has 1 atom stereocenters. The maximum Gasteiger partial charge on any atom is 0.254 e. The van der Waals surface area contributed by atoms with E-state index in [-0.39, 0.29) is 18.3 Å². The number of hydrogen-bond acceptors (Lipinski definition) is 2. The zero-order valence-corrected chi connectivity index (χ0v) is 13.4. The largest absolute Gasteiger partial charge is 0.337 e. The topological polar surface area (TPSA) is 32.3 Å². The van der Waals surface area contributed by atoms with Gasteiger partial charge in [-0.1, -0.05) is 32.0 Å². The van der Waals surface area contributed by atoms with E-state index in [9.17, 15) is 4.79 Å². The van der Waals surface area contributed by atoms with Crippen molar-refractivity contribution in [2.75, 3.05) is 20.1 Å². The van der Waals surface area contributed by atoms with E-state index >= 15 is 0 Å². The second-order valence-electron chi connectivity index (χ2n) is 5.66. The molecule has 112 valence electrons. The number of nitrogens with one attached hydrogen (secondary N) is 1. The number of hydrogen-bond donors (Lipinski definition) is 1. The fourth-order valence-corrected chi connectivity index (χ4v) is 2.72. The Bertz CT molecular complexity index is 442. The highest BCUT2D eigenvalue weighted by Crippen LogP contribution is 2.21. The fourth-order valence-electron chi connectivity index (χ4n) is 2.72. The zero-order valence-electron chi connectivity index (χ0n) is 12.6. The molecule has 2 rings (SSSR count). The molecule has 1 amide bonds. The molecule has 1 aromatic carbocycles. The van der Waals surface area contributed by atoms with E-state index in [4.69, 9.17) is 0 Å². The Morgan fingerprint density at radius 2 is 2.05 bits per heavy atom. The molecule has 4 heteroatoms. The quantitative estimate of drug-likeness (QED) is 0.930. The lowest BCUT2D eigenvalue weighted by Gasteiger charge is -2.32. The van der Waals surface area contributed by atoms with E-state index in [2.05, 4.69) is 25.2 Å². The molecule has 1 heterocycles. The summed E-state index contributed by atoms with van der Waals surface area (Å²) in [5.74, 6) is 0.524. The molecule has 1 N–H and O–H groups in total. The summed E-state index contributed by atoms with van der Waals surface area (Å²) in [7, 11) is 1.93. The first kappa shape index (κ1) is 17.0. The summed E-state index contributed by atoms with van der Waals surface area (Å²) in [6, 6.07) is 8.29. The number of likely N-dealkylation sites (N-methyl/N-ethyl adjacent to an activating group) is 1. The average Bonchev–Trinajstić information content (AvgIpc) is 2.46. The van der Waals surface area contributed by atoms with Crippen LogP contribution in [0.5, 0.6) is 0 Å². The van der Waals surface area contributed by atoms with Crippen molar-refractivity contribution >= 4 is 18.3 Å². The van der Waals surface area contributed by atoms with E-state index < -0.39 is 0 Å². The molecule has 3 nitrogen and oxygen atoms in total. The van der Waals surface area contributed by atoms with Crippen LogP contribution in [0, 0.1) is 0 Å². The Hall–Kier alpha value is -1.06. The Morgan fingerprint density at radius 1 is 1.35 bits per heavy atom. The predicted octanol–water partition coefficient (Wildman–Crippen LogP) is 3.06. The number of amides is 1. The van der Waals surface area contributed by atoms with Gasteiger partial charge >= 0.3 is 0 Å². The van der Waals surface area contributed by atoms with E-state index in [1.807, 2.05) is 30.1 Å². The lowest BCUT2D eigenvalue weighted by molar-refractivity contribution is 0.0707. The van der Waals surface area contributed by atoms with Gasteiger partial charge in [0.15, 0.2) is 0 Å². The second kappa shape index (κ2) is 7.65. The minimum atomic E-state index is 0. The molecule has 1 aromatic rings. The molecular formula is C16H25ClN2O. The number of halogens is 1. The van der Waals surface area contributed by atoms with E-state index in [0.29, 0.717) is 12.0 Å². The molecule has 20 heavy (non-hydrogen) atoms. The molecule has 0 radical (unpaired) electrons. The second-order valence-corrected chi connectivity index (χ2v) is 5.66. The van der Waals surface area contributed by atoms with Crippen LogP contribution in [0.15, 0.2) is 24.3 Å². The summed E-state index contributed by atoms with van der Waals surface area (Å²) in [4.78, 5) is 14.6. The van der Waals surface area contributed by atoms with Crippen molar-refractivity contribution in [3.63, 3.8) is 0 Å². The van der Waals surface area contributed by atoms with Gasteiger partial charge in [-0.05, 0) is 36.9 Å².